The van der Waals surface area contributed by atoms with Crippen LogP contribution in [-0.4, -0.2) is 209 Å². The summed E-state index contributed by atoms with van der Waals surface area (Å²) in [6.45, 7) is 9.19. The second kappa shape index (κ2) is 37.9. The fourth-order valence-corrected chi connectivity index (χ4v) is 12.5. The second-order valence-electron chi connectivity index (χ2n) is 26.4. The van der Waals surface area contributed by atoms with Crippen molar-refractivity contribution < 1.29 is 96.7 Å². The highest BCUT2D eigenvalue weighted by molar-refractivity contribution is 6.15. The third-order valence-corrected chi connectivity index (χ3v) is 18.1. The summed E-state index contributed by atoms with van der Waals surface area (Å²) in [6.07, 6.45) is -3.12. The molecule has 0 aromatic heterocycles. The molecule has 2 heterocycles. The van der Waals surface area contributed by atoms with Gasteiger partial charge in [-0.15, -0.1) is 0 Å². The number of rotatable bonds is 40. The van der Waals surface area contributed by atoms with Crippen LogP contribution in [-0.2, 0) is 68.5 Å². The zero-order chi connectivity index (χ0) is 79.4. The van der Waals surface area contributed by atoms with Crippen LogP contribution in [0.4, 0.5) is 0 Å². The van der Waals surface area contributed by atoms with Gasteiger partial charge in [-0.2, -0.15) is 0 Å². The summed E-state index contributed by atoms with van der Waals surface area (Å²) in [7, 11) is 2.33. The van der Waals surface area contributed by atoms with Gasteiger partial charge in [-0.3, -0.25) is 77.9 Å². The van der Waals surface area contributed by atoms with Gasteiger partial charge < -0.3 is 111 Å². The second-order valence-corrected chi connectivity index (χ2v) is 26.4. The Morgan fingerprint density at radius 1 is 0.679 bits per heavy atom. The fraction of sp³-hybridized carbons (Fsp3) is 0.507. The first-order chi connectivity index (χ1) is 49.8. The SMILES string of the molecule is CC[C@H](C)[C@H](NC(=O)[C@@H](N)CCCNC(=N)N)C(=O)N[C@@H](C)C(=O)N[C@@H](CCCNC(=N)N)C(=O)NCC(=O)N[C@@H](CC(=O)O)C(=O)c1c(OC)c(C(C)=O)c2c(c1C(NC(=O)[C@H](CC(=O)O)NC(=O)[C@@H](N)CC(=O)O)(C(=O)[C@@H]1CCCN1C(=O)[C@H](C)N)c1ccccc1)C(C)(C)c1ccc(OC)cc1O2. The van der Waals surface area contributed by atoms with Crippen molar-refractivity contribution in [3.05, 3.63) is 81.9 Å². The quantitative estimate of drug-likeness (QED) is 0.0127. The third-order valence-electron chi connectivity index (χ3n) is 18.1. The van der Waals surface area contributed by atoms with Gasteiger partial charge in [0.25, 0.3) is 0 Å². The fourth-order valence-electron chi connectivity index (χ4n) is 12.5. The molecule has 0 aliphatic carbocycles. The van der Waals surface area contributed by atoms with Crippen molar-refractivity contribution in [2.24, 2.45) is 34.6 Å². The molecule has 5 rings (SSSR count). The van der Waals surface area contributed by atoms with Gasteiger partial charge in [0.15, 0.2) is 34.8 Å². The number of hydrogen-bond donors (Lipinski definition) is 19. The molecule has 3 aromatic carbocycles. The maximum absolute atomic E-state index is 17.1. The zero-order valence-electron chi connectivity index (χ0n) is 60.4. The summed E-state index contributed by atoms with van der Waals surface area (Å²) in [5.74, 6) is -19.4. The van der Waals surface area contributed by atoms with Crippen molar-refractivity contribution in [3.8, 4) is 23.0 Å². The van der Waals surface area contributed by atoms with E-state index < -0.39 is 214 Å². The van der Waals surface area contributed by atoms with Crippen molar-refractivity contribution in [1.29, 1.82) is 10.8 Å². The smallest absolute Gasteiger partial charge is 0.305 e. The zero-order valence-corrected chi connectivity index (χ0v) is 60.4. The molecule has 578 valence electrons. The molecule has 2 aliphatic rings. The molecule has 8 amide bonds. The lowest BCUT2D eigenvalue weighted by atomic mass is 9.64. The normalized spacial score (nSPS) is 16.4. The van der Waals surface area contributed by atoms with Gasteiger partial charge >= 0.3 is 17.9 Å². The van der Waals surface area contributed by atoms with Gasteiger partial charge in [-0.05, 0) is 76.8 Å². The number of carbonyl (C=O) groups excluding carboxylic acids is 11. The van der Waals surface area contributed by atoms with Gasteiger partial charge in [-0.25, -0.2) is 0 Å². The van der Waals surface area contributed by atoms with E-state index in [1.807, 2.05) is 0 Å². The molecule has 0 saturated carbocycles. The maximum Gasteiger partial charge on any atom is 0.305 e. The Hall–Kier alpha value is -11.3. The number of Topliss-reactive ketones (excluding diaryl/α,β-unsaturated/α-hetero) is 3. The number of fused-ring (bicyclic) bond motifs is 2. The lowest BCUT2D eigenvalue weighted by Gasteiger charge is -2.46. The Morgan fingerprint density at radius 2 is 1.26 bits per heavy atom. The van der Waals surface area contributed by atoms with Crippen LogP contribution in [0.15, 0.2) is 48.5 Å². The van der Waals surface area contributed by atoms with Crippen LogP contribution in [0.3, 0.4) is 0 Å². The van der Waals surface area contributed by atoms with Crippen LogP contribution < -0.4 is 90.7 Å². The molecule has 0 radical (unpaired) electrons. The van der Waals surface area contributed by atoms with Gasteiger partial charge in [-0.1, -0.05) is 70.5 Å². The van der Waals surface area contributed by atoms with Crippen LogP contribution in [0.5, 0.6) is 23.0 Å². The van der Waals surface area contributed by atoms with Crippen LogP contribution in [0.25, 0.3) is 0 Å². The average Bonchev–Trinajstić information content (AvgIpc) is 0.767. The monoisotopic (exact) mass is 1480 g/mol. The third kappa shape index (κ3) is 21.2. The van der Waals surface area contributed by atoms with E-state index in [0.717, 1.165) is 18.9 Å². The van der Waals surface area contributed by atoms with Gasteiger partial charge in [0, 0.05) is 47.8 Å². The first kappa shape index (κ1) is 85.3. The number of carboxylic acid groups (broad SMARTS) is 3. The predicted molar refractivity (Wildman–Crippen MR) is 380 cm³/mol. The summed E-state index contributed by atoms with van der Waals surface area (Å²) in [4.78, 5) is 201. The topological polar surface area (TPSA) is 617 Å². The van der Waals surface area contributed by atoms with Crippen LogP contribution >= 0.6 is 0 Å². The number of hydrogen-bond acceptors (Lipinski definition) is 22. The summed E-state index contributed by atoms with van der Waals surface area (Å²) in [6, 6.07) is -3.44. The van der Waals surface area contributed by atoms with E-state index in [9.17, 15) is 68.1 Å². The minimum absolute atomic E-state index is 0.0204. The number of amides is 8. The number of nitrogens with two attached hydrogens (primary N) is 5. The van der Waals surface area contributed by atoms with Crippen molar-refractivity contribution in [2.75, 3.05) is 40.4 Å². The molecule has 2 aliphatic heterocycles. The number of methoxy groups -OCH3 is 2. The Kier molecular flexibility index (Phi) is 30.5. The number of aliphatic carboxylic acids is 3. The maximum atomic E-state index is 17.1. The predicted octanol–water partition coefficient (Wildman–Crippen LogP) is -2.00. The highest BCUT2D eigenvalue weighted by atomic mass is 16.5. The molecule has 37 nitrogen and oxygen atoms in total. The summed E-state index contributed by atoms with van der Waals surface area (Å²) < 4.78 is 18.4. The average molecular weight is 1480 g/mol. The molecule has 1 saturated heterocycles. The number of ketones is 3. The Labute approximate surface area is 610 Å². The number of nitrogens with zero attached hydrogens (tertiary/aromatic N) is 1. The molecule has 1 fully saturated rings. The number of nitrogens with one attached hydrogen (secondary N) is 11. The Morgan fingerprint density at radius 3 is 1.82 bits per heavy atom. The van der Waals surface area contributed by atoms with E-state index in [-0.39, 0.29) is 85.9 Å². The molecule has 106 heavy (non-hydrogen) atoms. The number of likely N-dealkylation sites (tertiary alicyclic amines) is 1. The minimum Gasteiger partial charge on any atom is -0.497 e. The van der Waals surface area contributed by atoms with E-state index in [2.05, 4.69) is 47.9 Å². The van der Waals surface area contributed by atoms with E-state index in [1.54, 1.807) is 27.7 Å². The van der Waals surface area contributed by atoms with E-state index in [4.69, 9.17) is 53.7 Å². The molecule has 11 atom stereocenters. The largest absolute Gasteiger partial charge is 0.497 e. The molecule has 24 N–H and O–H groups in total. The van der Waals surface area contributed by atoms with Crippen LogP contribution in [0, 0.1) is 16.7 Å². The van der Waals surface area contributed by atoms with Crippen molar-refractivity contribution in [2.45, 2.75) is 178 Å². The van der Waals surface area contributed by atoms with Crippen molar-refractivity contribution >= 4 is 94.4 Å². The molecule has 0 spiro atoms. The number of carbonyl (C=O) groups is 14. The van der Waals surface area contributed by atoms with E-state index in [0.29, 0.717) is 12.8 Å². The Bertz CT molecular complexity index is 3870. The van der Waals surface area contributed by atoms with E-state index in [1.165, 1.54) is 69.5 Å². The first-order valence-electron chi connectivity index (χ1n) is 34.1. The molecule has 1 unspecified atom stereocenters. The summed E-state index contributed by atoms with van der Waals surface area (Å²) >= 11 is 0. The highest BCUT2D eigenvalue weighted by Crippen LogP contribution is 2.58. The number of ether oxygens (including phenoxy) is 3. The van der Waals surface area contributed by atoms with Crippen molar-refractivity contribution in [3.63, 3.8) is 0 Å². The molecular weight excluding hydrogens is 1390 g/mol. The van der Waals surface area contributed by atoms with Gasteiger partial charge in [0.1, 0.15) is 58.8 Å². The molecular formula is C69H97N17O20. The highest BCUT2D eigenvalue weighted by Gasteiger charge is 2.58. The lowest BCUT2D eigenvalue weighted by Crippen LogP contribution is -2.64. The summed E-state index contributed by atoms with van der Waals surface area (Å²) in [5, 5.41) is 68.0. The number of carboxylic acids is 3. The van der Waals surface area contributed by atoms with Gasteiger partial charge in [0.05, 0.1) is 69.8 Å². The van der Waals surface area contributed by atoms with E-state index >= 15 is 14.4 Å². The first-order valence-corrected chi connectivity index (χ1v) is 34.1. The lowest BCUT2D eigenvalue weighted by molar-refractivity contribution is -0.144. The standard InChI is InChI=1S/C69H97N17O20/c1-10-32(2)54(84-60(98)39(71)19-14-24-77-66(73)74)64(102)80-34(4)59(97)82-41(20-15-25-78-67(75)76)62(100)79-31-46(88)81-42(29-48(91)92)55(95)51-52(53-57(50(35(5)87)56(51)105-9)106-45-27-37(104-8)22-23-38(45)68(53,6)7)69(36-17-12-11-13-18-36,58(96)44-21-16-26-86(44)65(103)33(3)70)85-63(101)43(30-49(93)94)83-61(99)40(72)28-47(89)90/h11-13,17-18,22-23,27,32-34,39-44,54H,10,14-16,19-21,24-26,28-31,70-72H2,1-9H3,(H,79,100)(H,80,102)(H,81,88)(H,82,97)(H,83,99)(H,84,98)(H,85,101)(H,89,90)(H,91,92)(H,93,94)(H4,73,74,77)(H4,75,76,78)/t32-,33-,34-,39-,40-,41-,42-,43-,44-,54-,69?/m0/s1. The molecule has 3 aromatic rings. The number of benzene rings is 3. The van der Waals surface area contributed by atoms with Crippen molar-refractivity contribution in [1.82, 2.24) is 52.8 Å². The minimum atomic E-state index is -3.11. The van der Waals surface area contributed by atoms with Crippen LogP contribution in [0.2, 0.25) is 0 Å². The summed E-state index contributed by atoms with van der Waals surface area (Å²) in [5.41, 5.74) is 21.7. The molecule has 0 bridgehead atoms. The van der Waals surface area contributed by atoms with Crippen LogP contribution in [0.1, 0.15) is 156 Å². The van der Waals surface area contributed by atoms with Gasteiger partial charge in [0.2, 0.25) is 47.3 Å². The molecule has 37 heteroatoms. The Balaban J connectivity index is 1.76. The number of guanidine groups is 2.